The Morgan fingerprint density at radius 3 is 2.06 bits per heavy atom. The van der Waals surface area contributed by atoms with Crippen molar-refractivity contribution in [1.29, 1.82) is 0 Å². The van der Waals surface area contributed by atoms with Crippen molar-refractivity contribution in [3.05, 3.63) is 102 Å². The molecule has 0 saturated carbocycles. The van der Waals surface area contributed by atoms with E-state index < -0.39 is 24.3 Å². The van der Waals surface area contributed by atoms with Crippen LogP contribution in [-0.2, 0) is 10.0 Å². The standard InChI is InChI=1S/C28H34N2O2SSi/c1-21-16-18-23(19-17-21)33(31,32)29-27(22-12-8-7-9-13-22)25-20-30(34(5,6)28(2,3)4)26-15-11-10-14-24(25)26/h7-20,27,29H,1-6H3. The molecule has 0 aliphatic carbocycles. The largest absolute Gasteiger partial charge is 0.374 e. The molecule has 0 radical (unpaired) electrons. The highest BCUT2D eigenvalue weighted by Crippen LogP contribution is 2.41. The Balaban J connectivity index is 1.92. The number of nitrogens with zero attached hydrogens (tertiary/aromatic N) is 1. The number of sulfonamides is 1. The van der Waals surface area contributed by atoms with E-state index in [-0.39, 0.29) is 9.93 Å². The Hall–Kier alpha value is -2.67. The molecular formula is C28H34N2O2SSi. The van der Waals surface area contributed by atoms with Crippen LogP contribution in [0, 0.1) is 6.92 Å². The fourth-order valence-electron chi connectivity index (χ4n) is 4.16. The average Bonchev–Trinajstić information content (AvgIpc) is 3.18. The van der Waals surface area contributed by atoms with Gasteiger partial charge in [-0.1, -0.05) is 100 Å². The van der Waals surface area contributed by atoms with Crippen molar-refractivity contribution in [2.45, 2.75) is 56.8 Å². The van der Waals surface area contributed by atoms with Crippen molar-refractivity contribution >= 4 is 29.2 Å². The summed E-state index contributed by atoms with van der Waals surface area (Å²) in [5, 5.41) is 1.20. The Morgan fingerprint density at radius 1 is 0.853 bits per heavy atom. The average molecular weight is 491 g/mol. The van der Waals surface area contributed by atoms with E-state index in [4.69, 9.17) is 0 Å². The maximum absolute atomic E-state index is 13.5. The van der Waals surface area contributed by atoms with Gasteiger partial charge in [-0.05, 0) is 41.3 Å². The first kappa shape index (κ1) is 24.5. The molecule has 1 heterocycles. The van der Waals surface area contributed by atoms with Crippen LogP contribution in [0.25, 0.3) is 10.9 Å². The van der Waals surface area contributed by atoms with E-state index in [1.54, 1.807) is 12.1 Å². The molecule has 34 heavy (non-hydrogen) atoms. The summed E-state index contributed by atoms with van der Waals surface area (Å²) in [5.41, 5.74) is 4.06. The second-order valence-corrected chi connectivity index (χ2v) is 17.4. The highest BCUT2D eigenvalue weighted by atomic mass is 32.2. The molecule has 4 rings (SSSR count). The molecule has 0 bridgehead atoms. The van der Waals surface area contributed by atoms with Crippen LogP contribution in [0.15, 0.2) is 90.0 Å². The number of hydrogen-bond donors (Lipinski definition) is 1. The summed E-state index contributed by atoms with van der Waals surface area (Å²) >= 11 is 0. The number of aryl methyl sites for hydroxylation is 1. The number of para-hydroxylation sites is 1. The first-order valence-electron chi connectivity index (χ1n) is 11.7. The van der Waals surface area contributed by atoms with Crippen LogP contribution in [0.4, 0.5) is 0 Å². The Morgan fingerprint density at radius 2 is 1.44 bits per heavy atom. The third-order valence-corrected chi connectivity index (χ3v) is 13.9. The lowest BCUT2D eigenvalue weighted by Gasteiger charge is -2.38. The highest BCUT2D eigenvalue weighted by Gasteiger charge is 2.39. The van der Waals surface area contributed by atoms with Gasteiger partial charge in [0, 0.05) is 17.1 Å². The fourth-order valence-corrected chi connectivity index (χ4v) is 7.34. The van der Waals surface area contributed by atoms with Gasteiger partial charge in [0.1, 0.15) is 0 Å². The van der Waals surface area contributed by atoms with Crippen LogP contribution in [0.2, 0.25) is 18.1 Å². The van der Waals surface area contributed by atoms with Crippen LogP contribution in [0.5, 0.6) is 0 Å². The molecule has 4 nitrogen and oxygen atoms in total. The predicted molar refractivity (Wildman–Crippen MR) is 144 cm³/mol. The molecule has 1 aromatic heterocycles. The molecule has 1 N–H and O–H groups in total. The van der Waals surface area contributed by atoms with Crippen molar-refractivity contribution in [3.63, 3.8) is 0 Å². The lowest BCUT2D eigenvalue weighted by Crippen LogP contribution is -2.45. The SMILES string of the molecule is Cc1ccc(S(=O)(=O)NC(c2ccccc2)c2cn([Si](C)(C)C(C)(C)C)c3ccccc23)cc1. The van der Waals surface area contributed by atoms with Crippen LogP contribution in [0.1, 0.15) is 43.5 Å². The van der Waals surface area contributed by atoms with E-state index in [0.717, 1.165) is 27.6 Å². The van der Waals surface area contributed by atoms with Crippen LogP contribution in [-0.4, -0.2) is 20.9 Å². The summed E-state index contributed by atoms with van der Waals surface area (Å²) in [5.74, 6) is 0. The number of nitrogens with one attached hydrogen (secondary N) is 1. The Bertz CT molecular complexity index is 1400. The molecule has 3 aromatic carbocycles. The van der Waals surface area contributed by atoms with Crippen LogP contribution >= 0.6 is 0 Å². The third kappa shape index (κ3) is 4.50. The van der Waals surface area contributed by atoms with E-state index in [1.807, 2.05) is 55.5 Å². The minimum absolute atomic E-state index is 0.121. The molecule has 1 atom stereocenters. The van der Waals surface area contributed by atoms with Crippen molar-refractivity contribution in [2.75, 3.05) is 0 Å². The van der Waals surface area contributed by atoms with Gasteiger partial charge in [-0.25, -0.2) is 8.42 Å². The van der Waals surface area contributed by atoms with Gasteiger partial charge in [0.15, 0.2) is 8.24 Å². The van der Waals surface area contributed by atoms with E-state index in [0.29, 0.717) is 0 Å². The molecule has 0 aliphatic heterocycles. The van der Waals surface area contributed by atoms with Gasteiger partial charge < -0.3 is 4.23 Å². The minimum atomic E-state index is -3.74. The molecule has 0 fully saturated rings. The molecule has 0 spiro atoms. The van der Waals surface area contributed by atoms with Gasteiger partial charge in [0.05, 0.1) is 10.9 Å². The molecule has 0 aliphatic rings. The number of fused-ring (bicyclic) bond motifs is 1. The summed E-state index contributed by atoms with van der Waals surface area (Å²) in [7, 11) is -5.70. The van der Waals surface area contributed by atoms with Crippen molar-refractivity contribution in [2.24, 2.45) is 0 Å². The monoisotopic (exact) mass is 490 g/mol. The molecule has 4 aromatic rings. The third-order valence-electron chi connectivity index (χ3n) is 7.23. The first-order valence-corrected chi connectivity index (χ1v) is 16.1. The maximum Gasteiger partial charge on any atom is 0.241 e. The van der Waals surface area contributed by atoms with E-state index in [2.05, 4.69) is 67.2 Å². The van der Waals surface area contributed by atoms with Gasteiger partial charge >= 0.3 is 0 Å². The van der Waals surface area contributed by atoms with Gasteiger partial charge in [0.2, 0.25) is 10.0 Å². The molecule has 1 unspecified atom stereocenters. The molecule has 0 saturated heterocycles. The van der Waals surface area contributed by atoms with E-state index in [9.17, 15) is 8.42 Å². The molecule has 0 amide bonds. The topological polar surface area (TPSA) is 51.1 Å². The summed E-state index contributed by atoms with van der Waals surface area (Å²) < 4.78 is 32.5. The van der Waals surface area contributed by atoms with Crippen molar-refractivity contribution < 1.29 is 8.42 Å². The molecular weight excluding hydrogens is 456 g/mol. The Labute approximate surface area is 204 Å². The predicted octanol–water partition coefficient (Wildman–Crippen LogP) is 6.87. The quantitative estimate of drug-likeness (QED) is 0.300. The fraction of sp³-hybridized carbons (Fsp3) is 0.286. The number of rotatable bonds is 6. The van der Waals surface area contributed by atoms with E-state index >= 15 is 0 Å². The zero-order valence-corrected chi connectivity index (χ0v) is 22.6. The van der Waals surface area contributed by atoms with Gasteiger partial charge in [0.25, 0.3) is 0 Å². The second kappa shape index (κ2) is 8.84. The zero-order valence-electron chi connectivity index (χ0n) is 20.8. The summed E-state index contributed by atoms with van der Waals surface area (Å²) in [6.07, 6.45) is 2.19. The first-order chi connectivity index (χ1) is 15.9. The highest BCUT2D eigenvalue weighted by molar-refractivity contribution is 7.89. The van der Waals surface area contributed by atoms with Gasteiger partial charge in [-0.2, -0.15) is 4.72 Å². The molecule has 6 heteroatoms. The minimum Gasteiger partial charge on any atom is -0.374 e. The van der Waals surface area contributed by atoms with E-state index in [1.165, 1.54) is 0 Å². The lowest BCUT2D eigenvalue weighted by molar-refractivity contribution is 0.572. The smallest absolute Gasteiger partial charge is 0.241 e. The summed E-state index contributed by atoms with van der Waals surface area (Å²) in [6, 6.07) is 24.6. The normalized spacial score (nSPS) is 13.8. The number of aromatic nitrogens is 1. The summed E-state index contributed by atoms with van der Waals surface area (Å²) in [6.45, 7) is 13.6. The molecule has 178 valence electrons. The maximum atomic E-state index is 13.5. The Kier molecular flexibility index (Phi) is 6.36. The van der Waals surface area contributed by atoms with Crippen LogP contribution in [0.3, 0.4) is 0 Å². The summed E-state index contributed by atoms with van der Waals surface area (Å²) in [4.78, 5) is 0.271. The second-order valence-electron chi connectivity index (χ2n) is 10.6. The zero-order chi connectivity index (χ0) is 24.7. The van der Waals surface area contributed by atoms with Gasteiger partial charge in [-0.15, -0.1) is 0 Å². The van der Waals surface area contributed by atoms with Crippen molar-refractivity contribution in [3.8, 4) is 0 Å². The van der Waals surface area contributed by atoms with Gasteiger partial charge in [-0.3, -0.25) is 0 Å². The lowest BCUT2D eigenvalue weighted by atomic mass is 9.99. The van der Waals surface area contributed by atoms with Crippen molar-refractivity contribution in [1.82, 2.24) is 8.95 Å². The number of benzene rings is 3. The van der Waals surface area contributed by atoms with Crippen LogP contribution < -0.4 is 4.72 Å². The number of hydrogen-bond acceptors (Lipinski definition) is 2.